The smallest absolute Gasteiger partial charge is 0.421 e. The molecule has 5 heteroatoms. The molecular weight excluding hydrogens is 198 g/mol. The van der Waals surface area contributed by atoms with E-state index in [4.69, 9.17) is 4.74 Å². The first kappa shape index (κ1) is 11.4. The Morgan fingerprint density at radius 3 is 2.27 bits per heavy atom. The summed E-state index contributed by atoms with van der Waals surface area (Å²) in [5.74, 6) is -0.474. The van der Waals surface area contributed by atoms with Crippen LogP contribution in [-0.4, -0.2) is 26.5 Å². The summed E-state index contributed by atoms with van der Waals surface area (Å²) in [5.41, 5.74) is -0.391. The van der Waals surface area contributed by atoms with Crippen molar-refractivity contribution < 1.29 is 19.7 Å². The third-order valence-electron chi connectivity index (χ3n) is 1.78. The number of aromatic nitrogens is 1. The van der Waals surface area contributed by atoms with E-state index in [-0.39, 0.29) is 17.3 Å². The molecule has 0 fully saturated rings. The maximum atomic E-state index is 11.6. The van der Waals surface area contributed by atoms with Crippen molar-refractivity contribution in [3.05, 3.63) is 11.8 Å². The Balaban J connectivity index is 3.02. The van der Waals surface area contributed by atoms with E-state index in [1.165, 1.54) is 6.92 Å². The van der Waals surface area contributed by atoms with E-state index in [1.54, 1.807) is 20.8 Å². The molecule has 15 heavy (non-hydrogen) atoms. The minimum absolute atomic E-state index is 0.140. The number of hydrogen-bond donors (Lipinski definition) is 2. The average molecular weight is 213 g/mol. The van der Waals surface area contributed by atoms with Crippen LogP contribution >= 0.6 is 0 Å². The Morgan fingerprint density at radius 2 is 1.93 bits per heavy atom. The third kappa shape index (κ3) is 2.43. The molecule has 2 N–H and O–H groups in total. The van der Waals surface area contributed by atoms with Gasteiger partial charge in [0.2, 0.25) is 5.88 Å². The van der Waals surface area contributed by atoms with Crippen LogP contribution in [0, 0.1) is 6.92 Å². The van der Waals surface area contributed by atoms with Gasteiger partial charge in [0.1, 0.15) is 11.4 Å². The van der Waals surface area contributed by atoms with Crippen molar-refractivity contribution in [3.8, 4) is 11.6 Å². The normalized spacial score (nSPS) is 11.5. The first-order chi connectivity index (χ1) is 6.72. The molecule has 0 spiro atoms. The molecule has 5 nitrogen and oxygen atoms in total. The zero-order valence-corrected chi connectivity index (χ0v) is 9.24. The minimum atomic E-state index is -0.710. The van der Waals surface area contributed by atoms with Gasteiger partial charge in [0.05, 0.1) is 5.69 Å². The summed E-state index contributed by atoms with van der Waals surface area (Å²) >= 11 is 0. The number of carbonyl (C=O) groups is 1. The van der Waals surface area contributed by atoms with Gasteiger partial charge in [-0.15, -0.1) is 0 Å². The van der Waals surface area contributed by atoms with Crippen molar-refractivity contribution in [2.24, 2.45) is 0 Å². The summed E-state index contributed by atoms with van der Waals surface area (Å²) in [4.78, 5) is 11.6. The maximum absolute atomic E-state index is 11.6. The molecule has 0 aliphatic carbocycles. The van der Waals surface area contributed by atoms with Crippen molar-refractivity contribution in [3.63, 3.8) is 0 Å². The van der Waals surface area contributed by atoms with E-state index in [0.717, 1.165) is 10.6 Å². The molecule has 0 radical (unpaired) electrons. The molecule has 0 unspecified atom stereocenters. The van der Waals surface area contributed by atoms with Crippen LogP contribution < -0.4 is 0 Å². The van der Waals surface area contributed by atoms with E-state index < -0.39 is 11.7 Å². The lowest BCUT2D eigenvalue weighted by molar-refractivity contribution is 0.0522. The fourth-order valence-electron chi connectivity index (χ4n) is 1.12. The molecule has 1 aromatic rings. The summed E-state index contributed by atoms with van der Waals surface area (Å²) in [6.07, 6.45) is -0.710. The van der Waals surface area contributed by atoms with Crippen molar-refractivity contribution in [2.75, 3.05) is 0 Å². The zero-order valence-electron chi connectivity index (χ0n) is 9.24. The van der Waals surface area contributed by atoms with Crippen LogP contribution in [0.25, 0.3) is 0 Å². The largest absolute Gasteiger partial charge is 0.506 e. The van der Waals surface area contributed by atoms with E-state index in [1.807, 2.05) is 0 Å². The van der Waals surface area contributed by atoms with E-state index in [2.05, 4.69) is 0 Å². The van der Waals surface area contributed by atoms with Crippen molar-refractivity contribution >= 4 is 6.09 Å². The summed E-state index contributed by atoms with van der Waals surface area (Å²) in [6, 6.07) is 1.10. The quantitative estimate of drug-likeness (QED) is 0.691. The van der Waals surface area contributed by atoms with Gasteiger partial charge in [-0.05, 0) is 27.7 Å². The van der Waals surface area contributed by atoms with Crippen molar-refractivity contribution in [1.82, 2.24) is 4.57 Å². The summed E-state index contributed by atoms with van der Waals surface area (Å²) in [6.45, 7) is 6.68. The number of aromatic hydroxyl groups is 2. The Kier molecular flexibility index (Phi) is 2.66. The first-order valence-corrected chi connectivity index (χ1v) is 4.56. The van der Waals surface area contributed by atoms with E-state index in [9.17, 15) is 15.0 Å². The molecule has 0 saturated carbocycles. The van der Waals surface area contributed by atoms with Gasteiger partial charge < -0.3 is 14.9 Å². The maximum Gasteiger partial charge on any atom is 0.421 e. The van der Waals surface area contributed by atoms with Crippen molar-refractivity contribution in [1.29, 1.82) is 0 Å². The monoisotopic (exact) mass is 213 g/mol. The lowest BCUT2D eigenvalue weighted by atomic mass is 10.2. The van der Waals surface area contributed by atoms with Gasteiger partial charge in [-0.25, -0.2) is 9.36 Å². The van der Waals surface area contributed by atoms with Crippen LogP contribution in [0.15, 0.2) is 6.07 Å². The molecular formula is C10H15NO4. The molecule has 1 rings (SSSR count). The average Bonchev–Trinajstić information content (AvgIpc) is 2.22. The molecule has 1 heterocycles. The van der Waals surface area contributed by atoms with Crippen LogP contribution in [0.5, 0.6) is 11.6 Å². The Labute approximate surface area is 87.9 Å². The standard InChI is InChI=1S/C10H15NO4/c1-6-7(12)5-8(13)11(6)9(14)15-10(2,3)4/h5,12-13H,1-4H3. The molecule has 0 amide bonds. The fraction of sp³-hybridized carbons (Fsp3) is 0.500. The molecule has 0 aromatic carbocycles. The second kappa shape index (κ2) is 3.49. The van der Waals surface area contributed by atoms with Gasteiger partial charge in [-0.2, -0.15) is 0 Å². The zero-order chi connectivity index (χ0) is 11.8. The summed E-state index contributed by atoms with van der Waals surface area (Å²) < 4.78 is 5.97. The second-order valence-electron chi connectivity index (χ2n) is 4.29. The van der Waals surface area contributed by atoms with Crippen molar-refractivity contribution in [2.45, 2.75) is 33.3 Å². The molecule has 0 saturated heterocycles. The Hall–Kier alpha value is -1.65. The molecule has 0 aliphatic rings. The van der Waals surface area contributed by atoms with Crippen LogP contribution in [0.4, 0.5) is 4.79 Å². The third-order valence-corrected chi connectivity index (χ3v) is 1.78. The molecule has 0 bridgehead atoms. The summed E-state index contributed by atoms with van der Waals surface area (Å²) in [5, 5.41) is 18.7. The van der Waals surface area contributed by atoms with Crippen LogP contribution in [-0.2, 0) is 4.74 Å². The van der Waals surface area contributed by atoms with Crippen LogP contribution in [0.2, 0.25) is 0 Å². The van der Waals surface area contributed by atoms with Gasteiger partial charge >= 0.3 is 6.09 Å². The first-order valence-electron chi connectivity index (χ1n) is 4.56. The van der Waals surface area contributed by atoms with Gasteiger partial charge in [0.25, 0.3) is 0 Å². The minimum Gasteiger partial charge on any atom is -0.506 e. The highest BCUT2D eigenvalue weighted by Gasteiger charge is 2.22. The number of nitrogens with zero attached hydrogens (tertiary/aromatic N) is 1. The number of hydrogen-bond acceptors (Lipinski definition) is 4. The molecule has 0 atom stereocenters. The highest BCUT2D eigenvalue weighted by Crippen LogP contribution is 2.27. The lowest BCUT2D eigenvalue weighted by Gasteiger charge is -2.20. The second-order valence-corrected chi connectivity index (χ2v) is 4.29. The Bertz CT molecular complexity index is 387. The number of rotatable bonds is 0. The van der Waals surface area contributed by atoms with E-state index in [0.29, 0.717) is 0 Å². The summed E-state index contributed by atoms with van der Waals surface area (Å²) in [7, 11) is 0. The van der Waals surface area contributed by atoms with E-state index >= 15 is 0 Å². The highest BCUT2D eigenvalue weighted by atomic mass is 16.6. The number of ether oxygens (including phenoxy) is 1. The van der Waals surface area contributed by atoms with Gasteiger partial charge in [-0.3, -0.25) is 0 Å². The predicted octanol–water partition coefficient (Wildman–Crippen LogP) is 1.99. The van der Waals surface area contributed by atoms with Gasteiger partial charge in [0, 0.05) is 6.07 Å². The molecule has 1 aromatic heterocycles. The fourth-order valence-corrected chi connectivity index (χ4v) is 1.12. The predicted molar refractivity (Wildman–Crippen MR) is 54.1 cm³/mol. The molecule has 84 valence electrons. The lowest BCUT2D eigenvalue weighted by Crippen LogP contribution is -2.27. The number of carbonyl (C=O) groups excluding carboxylic acids is 1. The topological polar surface area (TPSA) is 71.7 Å². The highest BCUT2D eigenvalue weighted by molar-refractivity contribution is 5.75. The van der Waals surface area contributed by atoms with Crippen LogP contribution in [0.3, 0.4) is 0 Å². The van der Waals surface area contributed by atoms with Crippen LogP contribution in [0.1, 0.15) is 26.5 Å². The Morgan fingerprint density at radius 1 is 1.40 bits per heavy atom. The van der Waals surface area contributed by atoms with Gasteiger partial charge in [0.15, 0.2) is 0 Å². The SMILES string of the molecule is Cc1c(O)cc(O)n1C(=O)OC(C)(C)C. The molecule has 0 aliphatic heterocycles. The van der Waals surface area contributed by atoms with Gasteiger partial charge in [-0.1, -0.05) is 0 Å².